The van der Waals surface area contributed by atoms with Crippen molar-refractivity contribution in [3.8, 4) is 33.6 Å². The van der Waals surface area contributed by atoms with Crippen LogP contribution in [0, 0.1) is 0 Å². The van der Waals surface area contributed by atoms with Gasteiger partial charge in [-0.25, -0.2) is 0 Å². The summed E-state index contributed by atoms with van der Waals surface area (Å²) < 4.78 is 6.19. The Morgan fingerprint density at radius 1 is 0.645 bits per heavy atom. The summed E-state index contributed by atoms with van der Waals surface area (Å²) in [5.41, 5.74) is 7.35. The van der Waals surface area contributed by atoms with Crippen molar-refractivity contribution in [2.75, 3.05) is 0 Å². The molecule has 0 fully saturated rings. The molecule has 0 aliphatic rings. The smallest absolute Gasteiger partial charge is 0.136 e. The number of nitrogens with zero attached hydrogens (tertiary/aromatic N) is 4. The molecule has 0 saturated heterocycles. The Kier molecular flexibility index (Phi) is 4.03. The number of fused-ring (bicyclic) bond motifs is 3. The van der Waals surface area contributed by atoms with Crippen LogP contribution in [-0.4, -0.2) is 20.4 Å². The van der Waals surface area contributed by atoms with Gasteiger partial charge in [0.05, 0.1) is 17.6 Å². The Morgan fingerprint density at radius 2 is 1.52 bits per heavy atom. The fourth-order valence-corrected chi connectivity index (χ4v) is 4.12. The molecular formula is C26H16N4O. The fraction of sp³-hybridized carbons (Fsp3) is 0. The first-order valence-electron chi connectivity index (χ1n) is 10.00. The minimum atomic E-state index is 0.724. The largest absolute Gasteiger partial charge is 0.456 e. The van der Waals surface area contributed by atoms with Gasteiger partial charge in [0.1, 0.15) is 11.2 Å². The minimum Gasteiger partial charge on any atom is -0.456 e. The second-order valence-electron chi connectivity index (χ2n) is 7.23. The molecule has 0 bridgehead atoms. The highest BCUT2D eigenvalue weighted by molar-refractivity contribution is 6.16. The first-order chi connectivity index (χ1) is 15.4. The van der Waals surface area contributed by atoms with Crippen LogP contribution in [0.4, 0.5) is 0 Å². The molecule has 6 aromatic rings. The molecule has 5 heteroatoms. The van der Waals surface area contributed by atoms with E-state index in [1.807, 2.05) is 66.9 Å². The van der Waals surface area contributed by atoms with Crippen molar-refractivity contribution in [2.24, 2.45) is 0 Å². The molecule has 0 spiro atoms. The number of aromatic nitrogens is 4. The van der Waals surface area contributed by atoms with Crippen LogP contribution in [-0.2, 0) is 0 Å². The zero-order valence-electron chi connectivity index (χ0n) is 16.4. The summed E-state index contributed by atoms with van der Waals surface area (Å²) >= 11 is 0. The summed E-state index contributed by atoms with van der Waals surface area (Å²) in [7, 11) is 0. The van der Waals surface area contributed by atoms with E-state index in [0.29, 0.717) is 0 Å². The van der Waals surface area contributed by atoms with Gasteiger partial charge in [0, 0.05) is 28.1 Å². The molecule has 3 heterocycles. The van der Waals surface area contributed by atoms with E-state index in [0.717, 1.165) is 55.6 Å². The van der Waals surface area contributed by atoms with Crippen LogP contribution in [0.5, 0.6) is 0 Å². The minimum absolute atomic E-state index is 0.724. The molecule has 3 aromatic carbocycles. The molecule has 0 aliphatic carbocycles. The third kappa shape index (κ3) is 2.87. The van der Waals surface area contributed by atoms with E-state index in [1.54, 1.807) is 6.20 Å². The van der Waals surface area contributed by atoms with Gasteiger partial charge in [0.15, 0.2) is 0 Å². The lowest BCUT2D eigenvalue weighted by molar-refractivity contribution is 0.669. The van der Waals surface area contributed by atoms with Gasteiger partial charge in [0.25, 0.3) is 0 Å². The van der Waals surface area contributed by atoms with E-state index in [1.165, 1.54) is 0 Å². The molecule has 146 valence electrons. The van der Waals surface area contributed by atoms with Crippen LogP contribution in [0.3, 0.4) is 0 Å². The van der Waals surface area contributed by atoms with Gasteiger partial charge in [-0.1, -0.05) is 48.5 Å². The Morgan fingerprint density at radius 3 is 2.39 bits per heavy atom. The van der Waals surface area contributed by atoms with Gasteiger partial charge in [-0.3, -0.25) is 4.98 Å². The number of hydrogen-bond acceptors (Lipinski definition) is 5. The molecule has 0 radical (unpaired) electrons. The van der Waals surface area contributed by atoms with E-state index in [-0.39, 0.29) is 0 Å². The lowest BCUT2D eigenvalue weighted by Crippen LogP contribution is -1.96. The zero-order valence-corrected chi connectivity index (χ0v) is 16.4. The van der Waals surface area contributed by atoms with Gasteiger partial charge in [0.2, 0.25) is 0 Å². The summed E-state index contributed by atoms with van der Waals surface area (Å²) in [5, 5.41) is 14.0. The average Bonchev–Trinajstić information content (AvgIpc) is 3.23. The molecule has 5 nitrogen and oxygen atoms in total. The summed E-state index contributed by atoms with van der Waals surface area (Å²) in [6.07, 6.45) is 3.45. The summed E-state index contributed by atoms with van der Waals surface area (Å²) in [6.45, 7) is 0. The zero-order chi connectivity index (χ0) is 20.6. The number of rotatable bonds is 3. The van der Waals surface area contributed by atoms with Crippen molar-refractivity contribution >= 4 is 21.9 Å². The molecule has 0 atom stereocenters. The first-order valence-corrected chi connectivity index (χ1v) is 10.00. The normalized spacial score (nSPS) is 11.2. The van der Waals surface area contributed by atoms with Gasteiger partial charge < -0.3 is 4.42 Å². The number of furan rings is 1. The highest BCUT2D eigenvalue weighted by atomic mass is 16.3. The van der Waals surface area contributed by atoms with Crippen molar-refractivity contribution in [1.82, 2.24) is 20.4 Å². The maximum Gasteiger partial charge on any atom is 0.136 e. The van der Waals surface area contributed by atoms with Gasteiger partial charge in [-0.05, 0) is 52.7 Å². The molecule has 31 heavy (non-hydrogen) atoms. The summed E-state index contributed by atoms with van der Waals surface area (Å²) in [6, 6.07) is 28.4. The topological polar surface area (TPSA) is 64.7 Å². The van der Waals surface area contributed by atoms with E-state index in [2.05, 4.69) is 39.7 Å². The van der Waals surface area contributed by atoms with Crippen molar-refractivity contribution in [1.29, 1.82) is 0 Å². The maximum atomic E-state index is 6.19. The average molecular weight is 400 g/mol. The molecule has 0 aliphatic heterocycles. The molecule has 6 rings (SSSR count). The van der Waals surface area contributed by atoms with Crippen molar-refractivity contribution in [3.63, 3.8) is 0 Å². The molecule has 0 unspecified atom stereocenters. The van der Waals surface area contributed by atoms with Crippen LogP contribution in [0.1, 0.15) is 0 Å². The van der Waals surface area contributed by atoms with E-state index in [9.17, 15) is 0 Å². The molecule has 0 N–H and O–H groups in total. The lowest BCUT2D eigenvalue weighted by atomic mass is 9.90. The van der Waals surface area contributed by atoms with Crippen LogP contribution in [0.25, 0.3) is 55.6 Å². The highest BCUT2D eigenvalue weighted by Crippen LogP contribution is 2.44. The second kappa shape index (κ2) is 7.15. The van der Waals surface area contributed by atoms with Gasteiger partial charge in [-0.2, -0.15) is 0 Å². The Labute approximate surface area is 178 Å². The predicted octanol–water partition coefficient (Wildman–Crippen LogP) is 6.17. The van der Waals surface area contributed by atoms with Crippen molar-refractivity contribution in [3.05, 3.63) is 97.3 Å². The Bertz CT molecular complexity index is 1530. The monoisotopic (exact) mass is 400 g/mol. The van der Waals surface area contributed by atoms with Crippen LogP contribution in [0.2, 0.25) is 0 Å². The van der Waals surface area contributed by atoms with Crippen LogP contribution >= 0.6 is 0 Å². The fourth-order valence-electron chi connectivity index (χ4n) is 4.12. The van der Waals surface area contributed by atoms with E-state index in [4.69, 9.17) is 9.40 Å². The molecule has 0 saturated carbocycles. The number of hydrogen-bond donors (Lipinski definition) is 0. The van der Waals surface area contributed by atoms with E-state index >= 15 is 0 Å². The maximum absolute atomic E-state index is 6.19. The molecular weight excluding hydrogens is 384 g/mol. The first kappa shape index (κ1) is 17.5. The van der Waals surface area contributed by atoms with Crippen molar-refractivity contribution < 1.29 is 4.42 Å². The van der Waals surface area contributed by atoms with E-state index < -0.39 is 0 Å². The summed E-state index contributed by atoms with van der Waals surface area (Å²) in [4.78, 5) is 4.82. The van der Waals surface area contributed by atoms with Gasteiger partial charge in [-0.15, -0.1) is 10.2 Å². The standard InChI is InChI=1S/C26H16N4O/c1-2-7-17(8-3-1)18-12-13-23-24(20-9-4-5-11-22(20)31-23)25(18)26-19(10-6-15-27-26)21-14-16-28-30-29-21/h1-16H. The number of para-hydroxylation sites is 1. The second-order valence-corrected chi connectivity index (χ2v) is 7.23. The quantitative estimate of drug-likeness (QED) is 0.356. The third-order valence-corrected chi connectivity index (χ3v) is 5.45. The number of pyridine rings is 1. The predicted molar refractivity (Wildman–Crippen MR) is 121 cm³/mol. The van der Waals surface area contributed by atoms with Gasteiger partial charge >= 0.3 is 0 Å². The van der Waals surface area contributed by atoms with Crippen LogP contribution in [0.15, 0.2) is 102 Å². The molecule has 3 aromatic heterocycles. The van der Waals surface area contributed by atoms with Crippen LogP contribution < -0.4 is 0 Å². The third-order valence-electron chi connectivity index (χ3n) is 5.45. The molecule has 0 amide bonds. The SMILES string of the molecule is c1ccc(-c2ccc3oc4ccccc4c3c2-c2ncccc2-c2ccnnn2)cc1. The number of benzene rings is 3. The Hall–Kier alpha value is -4.38. The van der Waals surface area contributed by atoms with Crippen molar-refractivity contribution in [2.45, 2.75) is 0 Å². The lowest BCUT2D eigenvalue weighted by Gasteiger charge is -2.14. The summed E-state index contributed by atoms with van der Waals surface area (Å²) in [5.74, 6) is 0. The Balaban J connectivity index is 1.78. The highest BCUT2D eigenvalue weighted by Gasteiger charge is 2.21.